The second-order valence-corrected chi connectivity index (χ2v) is 6.19. The SMILES string of the molecule is CN(C)[C@H](CNC(=O)c1ccccc1Cl)c1ccc2c(c1)OCO2. The maximum Gasteiger partial charge on any atom is 0.252 e. The predicted molar refractivity (Wildman–Crippen MR) is 92.8 cm³/mol. The van der Waals surface area contributed by atoms with E-state index in [1.807, 2.05) is 37.2 Å². The Kier molecular flexibility index (Phi) is 4.92. The van der Waals surface area contributed by atoms with E-state index >= 15 is 0 Å². The Hall–Kier alpha value is -2.24. The molecule has 0 unspecified atom stereocenters. The van der Waals surface area contributed by atoms with E-state index in [9.17, 15) is 4.79 Å². The molecule has 2 aromatic carbocycles. The lowest BCUT2D eigenvalue weighted by Gasteiger charge is -2.25. The summed E-state index contributed by atoms with van der Waals surface area (Å²) < 4.78 is 10.8. The molecule has 1 aliphatic heterocycles. The predicted octanol–water partition coefficient (Wildman–Crippen LogP) is 3.10. The molecule has 126 valence electrons. The van der Waals surface area contributed by atoms with Gasteiger partial charge in [0.15, 0.2) is 11.5 Å². The Morgan fingerprint density at radius 2 is 1.96 bits per heavy atom. The molecule has 5 nitrogen and oxygen atoms in total. The van der Waals surface area contributed by atoms with Gasteiger partial charge in [-0.3, -0.25) is 4.79 Å². The number of rotatable bonds is 5. The number of amides is 1. The van der Waals surface area contributed by atoms with E-state index in [4.69, 9.17) is 21.1 Å². The third-order valence-corrected chi connectivity index (χ3v) is 4.31. The molecule has 1 amide bonds. The zero-order valence-corrected chi connectivity index (χ0v) is 14.3. The molecule has 3 rings (SSSR count). The van der Waals surface area contributed by atoms with Crippen LogP contribution in [0.3, 0.4) is 0 Å². The van der Waals surface area contributed by atoms with Gasteiger partial charge < -0.3 is 19.7 Å². The summed E-state index contributed by atoms with van der Waals surface area (Å²) >= 11 is 6.08. The number of hydrogen-bond donors (Lipinski definition) is 1. The van der Waals surface area contributed by atoms with Crippen LogP contribution in [-0.2, 0) is 0 Å². The van der Waals surface area contributed by atoms with Crippen LogP contribution in [0.2, 0.25) is 5.02 Å². The van der Waals surface area contributed by atoms with Gasteiger partial charge in [0.05, 0.1) is 16.6 Å². The van der Waals surface area contributed by atoms with Crippen molar-refractivity contribution in [3.63, 3.8) is 0 Å². The lowest BCUT2D eigenvalue weighted by atomic mass is 10.0. The molecule has 1 N–H and O–H groups in total. The van der Waals surface area contributed by atoms with Gasteiger partial charge in [-0.15, -0.1) is 0 Å². The summed E-state index contributed by atoms with van der Waals surface area (Å²) in [7, 11) is 3.94. The summed E-state index contributed by atoms with van der Waals surface area (Å²) in [6.45, 7) is 0.700. The van der Waals surface area contributed by atoms with Gasteiger partial charge in [-0.05, 0) is 43.9 Å². The summed E-state index contributed by atoms with van der Waals surface area (Å²) in [6.07, 6.45) is 0. The number of nitrogens with zero attached hydrogens (tertiary/aromatic N) is 1. The van der Waals surface area contributed by atoms with Crippen LogP contribution in [0.1, 0.15) is 22.0 Å². The van der Waals surface area contributed by atoms with Gasteiger partial charge in [0.2, 0.25) is 6.79 Å². The lowest BCUT2D eigenvalue weighted by Crippen LogP contribution is -2.34. The van der Waals surface area contributed by atoms with Crippen molar-refractivity contribution in [2.45, 2.75) is 6.04 Å². The fourth-order valence-corrected chi connectivity index (χ4v) is 2.87. The van der Waals surface area contributed by atoms with Gasteiger partial charge in [-0.1, -0.05) is 29.8 Å². The number of ether oxygens (including phenoxy) is 2. The van der Waals surface area contributed by atoms with Crippen LogP contribution >= 0.6 is 11.6 Å². The van der Waals surface area contributed by atoms with Crippen LogP contribution in [0.5, 0.6) is 11.5 Å². The number of fused-ring (bicyclic) bond motifs is 1. The van der Waals surface area contributed by atoms with Crippen molar-refractivity contribution in [2.75, 3.05) is 27.4 Å². The Bertz CT molecular complexity index is 749. The fraction of sp³-hybridized carbons (Fsp3) is 0.278. The number of hydrogen-bond acceptors (Lipinski definition) is 4. The average molecular weight is 347 g/mol. The van der Waals surface area contributed by atoms with Crippen LogP contribution < -0.4 is 14.8 Å². The standard InChI is InChI=1S/C18H19ClN2O3/c1-21(2)15(12-7-8-16-17(9-12)24-11-23-16)10-20-18(22)13-5-3-4-6-14(13)19/h3-9,15H,10-11H2,1-2H3,(H,20,22)/t15-/m1/s1. The van der Waals surface area contributed by atoms with Crippen LogP contribution in [0.4, 0.5) is 0 Å². The number of likely N-dealkylation sites (N-methyl/N-ethyl adjacent to an activating group) is 1. The van der Waals surface area contributed by atoms with E-state index in [1.165, 1.54) is 0 Å². The van der Waals surface area contributed by atoms with E-state index in [1.54, 1.807) is 24.3 Å². The number of halogens is 1. The molecule has 0 fully saturated rings. The van der Waals surface area contributed by atoms with Crippen molar-refractivity contribution < 1.29 is 14.3 Å². The first-order valence-electron chi connectivity index (χ1n) is 7.65. The van der Waals surface area contributed by atoms with Crippen LogP contribution in [-0.4, -0.2) is 38.2 Å². The van der Waals surface area contributed by atoms with E-state index in [0.717, 1.165) is 17.1 Å². The largest absolute Gasteiger partial charge is 0.454 e. The van der Waals surface area contributed by atoms with Crippen molar-refractivity contribution in [1.29, 1.82) is 0 Å². The minimum atomic E-state index is -0.187. The smallest absolute Gasteiger partial charge is 0.252 e. The fourth-order valence-electron chi connectivity index (χ4n) is 2.65. The molecule has 2 aromatic rings. The Morgan fingerprint density at radius 1 is 1.21 bits per heavy atom. The summed E-state index contributed by atoms with van der Waals surface area (Å²) in [5, 5.41) is 3.39. The molecule has 0 spiro atoms. The molecule has 0 saturated heterocycles. The Balaban J connectivity index is 1.73. The van der Waals surface area contributed by atoms with E-state index < -0.39 is 0 Å². The maximum atomic E-state index is 12.4. The van der Waals surface area contributed by atoms with Gasteiger partial charge >= 0.3 is 0 Å². The Morgan fingerprint density at radius 3 is 2.71 bits per heavy atom. The van der Waals surface area contributed by atoms with Gasteiger partial charge in [0.25, 0.3) is 5.91 Å². The molecule has 0 radical (unpaired) electrons. The highest BCUT2D eigenvalue weighted by Crippen LogP contribution is 2.35. The number of benzene rings is 2. The van der Waals surface area contributed by atoms with Gasteiger partial charge in [-0.25, -0.2) is 0 Å². The van der Waals surface area contributed by atoms with E-state index in [2.05, 4.69) is 5.32 Å². The zero-order chi connectivity index (χ0) is 17.1. The third kappa shape index (κ3) is 3.47. The number of carbonyl (C=O) groups is 1. The van der Waals surface area contributed by atoms with Gasteiger partial charge in [0, 0.05) is 6.54 Å². The number of nitrogens with one attached hydrogen (secondary N) is 1. The molecule has 1 aliphatic rings. The van der Waals surface area contributed by atoms with Crippen molar-refractivity contribution in [1.82, 2.24) is 10.2 Å². The highest BCUT2D eigenvalue weighted by molar-refractivity contribution is 6.33. The van der Waals surface area contributed by atoms with Crippen LogP contribution in [0, 0.1) is 0 Å². The second kappa shape index (κ2) is 7.11. The molecule has 24 heavy (non-hydrogen) atoms. The summed E-state index contributed by atoms with van der Waals surface area (Å²) in [5.74, 6) is 1.29. The van der Waals surface area contributed by atoms with Crippen molar-refractivity contribution in [3.05, 3.63) is 58.6 Å². The van der Waals surface area contributed by atoms with Crippen molar-refractivity contribution in [2.24, 2.45) is 0 Å². The Labute approximate surface area is 146 Å². The van der Waals surface area contributed by atoms with Crippen LogP contribution in [0.25, 0.3) is 0 Å². The van der Waals surface area contributed by atoms with Crippen molar-refractivity contribution in [3.8, 4) is 11.5 Å². The topological polar surface area (TPSA) is 50.8 Å². The third-order valence-electron chi connectivity index (χ3n) is 3.98. The first kappa shape index (κ1) is 16.6. The maximum absolute atomic E-state index is 12.4. The summed E-state index contributed by atoms with van der Waals surface area (Å²) in [4.78, 5) is 14.4. The molecule has 0 aromatic heterocycles. The molecular formula is C18H19ClN2O3. The second-order valence-electron chi connectivity index (χ2n) is 5.78. The summed E-state index contributed by atoms with van der Waals surface area (Å²) in [5.41, 5.74) is 1.52. The highest BCUT2D eigenvalue weighted by Gasteiger charge is 2.20. The molecule has 1 heterocycles. The normalized spacial score (nSPS) is 13.8. The first-order chi connectivity index (χ1) is 11.6. The first-order valence-corrected chi connectivity index (χ1v) is 8.03. The molecule has 1 atom stereocenters. The quantitative estimate of drug-likeness (QED) is 0.903. The minimum absolute atomic E-state index is 0.00550. The highest BCUT2D eigenvalue weighted by atomic mass is 35.5. The minimum Gasteiger partial charge on any atom is -0.454 e. The van der Waals surface area contributed by atoms with Crippen molar-refractivity contribution >= 4 is 17.5 Å². The molecule has 0 saturated carbocycles. The lowest BCUT2D eigenvalue weighted by molar-refractivity contribution is 0.0942. The summed E-state index contributed by atoms with van der Waals surface area (Å²) in [6, 6.07) is 12.8. The molecule has 6 heteroatoms. The monoisotopic (exact) mass is 346 g/mol. The van der Waals surface area contributed by atoms with E-state index in [0.29, 0.717) is 17.1 Å². The van der Waals surface area contributed by atoms with E-state index in [-0.39, 0.29) is 18.7 Å². The zero-order valence-electron chi connectivity index (χ0n) is 13.6. The molecule has 0 bridgehead atoms. The van der Waals surface area contributed by atoms with Crippen LogP contribution in [0.15, 0.2) is 42.5 Å². The van der Waals surface area contributed by atoms with Gasteiger partial charge in [0.1, 0.15) is 0 Å². The molecular weight excluding hydrogens is 328 g/mol. The molecule has 0 aliphatic carbocycles. The average Bonchev–Trinajstić information content (AvgIpc) is 3.02. The number of carbonyl (C=O) groups excluding carboxylic acids is 1. The van der Waals surface area contributed by atoms with Gasteiger partial charge in [-0.2, -0.15) is 0 Å².